The molecule has 1 heterocycles. The van der Waals surface area contributed by atoms with Crippen LogP contribution in [0, 0.1) is 5.82 Å². The molecular weight excluding hydrogens is 473 g/mol. The highest BCUT2D eigenvalue weighted by atomic mass is 35.5. The van der Waals surface area contributed by atoms with Crippen molar-refractivity contribution in [3.63, 3.8) is 0 Å². The van der Waals surface area contributed by atoms with Gasteiger partial charge in [-0.1, -0.05) is 42.8 Å². The van der Waals surface area contributed by atoms with Crippen molar-refractivity contribution in [2.24, 2.45) is 0 Å². The van der Waals surface area contributed by atoms with E-state index in [9.17, 15) is 19.1 Å². The van der Waals surface area contributed by atoms with E-state index in [0.29, 0.717) is 11.3 Å². The van der Waals surface area contributed by atoms with Crippen LogP contribution in [0.1, 0.15) is 29.7 Å². The third-order valence-electron chi connectivity index (χ3n) is 5.99. The third kappa shape index (κ3) is 4.35. The van der Waals surface area contributed by atoms with Crippen LogP contribution in [0.3, 0.4) is 0 Å². The number of ketones is 1. The maximum atomic E-state index is 13.9. The molecule has 8 heteroatoms. The number of methoxy groups -OCH3 is 2. The molecule has 1 unspecified atom stereocenters. The number of ether oxygens (including phenoxy) is 2. The Morgan fingerprint density at radius 3 is 2.34 bits per heavy atom. The summed E-state index contributed by atoms with van der Waals surface area (Å²) >= 11 is 5.98. The van der Waals surface area contributed by atoms with Crippen LogP contribution in [-0.2, 0) is 16.0 Å². The first-order valence-corrected chi connectivity index (χ1v) is 11.3. The Hall–Kier alpha value is -3.84. The minimum absolute atomic E-state index is 0.122. The van der Waals surface area contributed by atoms with Gasteiger partial charge in [0.2, 0.25) is 0 Å². The summed E-state index contributed by atoms with van der Waals surface area (Å²) in [5, 5.41) is 11.2. The average molecular weight is 496 g/mol. The van der Waals surface area contributed by atoms with Gasteiger partial charge in [0.1, 0.15) is 23.1 Å². The summed E-state index contributed by atoms with van der Waals surface area (Å²) in [7, 11) is 2.92. The largest absolute Gasteiger partial charge is 0.507 e. The Bertz CT molecular complexity index is 1340. The maximum Gasteiger partial charge on any atom is 0.300 e. The second kappa shape index (κ2) is 9.80. The number of rotatable bonds is 6. The number of halogens is 2. The van der Waals surface area contributed by atoms with Gasteiger partial charge in [0.15, 0.2) is 0 Å². The molecular formula is C27H23ClFNO5. The summed E-state index contributed by atoms with van der Waals surface area (Å²) in [6.07, 6.45) is 0.803. The third-order valence-corrected chi connectivity index (χ3v) is 6.28. The van der Waals surface area contributed by atoms with Gasteiger partial charge >= 0.3 is 0 Å². The van der Waals surface area contributed by atoms with Gasteiger partial charge in [-0.25, -0.2) is 4.39 Å². The van der Waals surface area contributed by atoms with Crippen LogP contribution in [0.4, 0.5) is 10.1 Å². The van der Waals surface area contributed by atoms with Crippen LogP contribution in [0.15, 0.2) is 66.2 Å². The molecule has 0 bridgehead atoms. The Morgan fingerprint density at radius 2 is 1.74 bits per heavy atom. The van der Waals surface area contributed by atoms with Crippen molar-refractivity contribution in [3.8, 4) is 11.5 Å². The van der Waals surface area contributed by atoms with Gasteiger partial charge in [-0.15, -0.1) is 0 Å². The van der Waals surface area contributed by atoms with Crippen LogP contribution in [0.25, 0.3) is 5.76 Å². The molecule has 1 aliphatic heterocycles. The normalized spacial score (nSPS) is 17.1. The van der Waals surface area contributed by atoms with Crippen molar-refractivity contribution in [3.05, 3.63) is 93.8 Å². The number of hydrogen-bond acceptors (Lipinski definition) is 5. The fraction of sp³-hybridized carbons (Fsp3) is 0.185. The molecule has 1 atom stereocenters. The Morgan fingerprint density at radius 1 is 1.03 bits per heavy atom. The predicted octanol–water partition coefficient (Wildman–Crippen LogP) is 5.69. The molecule has 0 aromatic heterocycles. The Kier molecular flexibility index (Phi) is 6.80. The molecule has 6 nitrogen and oxygen atoms in total. The van der Waals surface area contributed by atoms with E-state index in [1.54, 1.807) is 30.3 Å². The van der Waals surface area contributed by atoms with E-state index in [1.807, 2.05) is 19.1 Å². The second-order valence-electron chi connectivity index (χ2n) is 7.93. The van der Waals surface area contributed by atoms with Crippen LogP contribution >= 0.6 is 11.6 Å². The summed E-state index contributed by atoms with van der Waals surface area (Å²) in [6, 6.07) is 14.9. The molecule has 0 spiro atoms. The molecule has 4 rings (SSSR count). The van der Waals surface area contributed by atoms with E-state index in [2.05, 4.69) is 0 Å². The van der Waals surface area contributed by atoms with Gasteiger partial charge in [-0.2, -0.15) is 0 Å². The zero-order valence-corrected chi connectivity index (χ0v) is 20.1. The molecule has 0 saturated carbocycles. The van der Waals surface area contributed by atoms with Crippen molar-refractivity contribution in [1.29, 1.82) is 0 Å². The predicted molar refractivity (Wildman–Crippen MR) is 132 cm³/mol. The number of carbonyl (C=O) groups excluding carboxylic acids is 2. The fourth-order valence-electron chi connectivity index (χ4n) is 4.12. The maximum absolute atomic E-state index is 13.9. The topological polar surface area (TPSA) is 76.1 Å². The highest BCUT2D eigenvalue weighted by Gasteiger charge is 2.47. The Labute approximate surface area is 207 Å². The van der Waals surface area contributed by atoms with Crippen molar-refractivity contribution >= 4 is 34.7 Å². The van der Waals surface area contributed by atoms with Crippen molar-refractivity contribution in [1.82, 2.24) is 0 Å². The first-order chi connectivity index (χ1) is 16.8. The number of hydrogen-bond donors (Lipinski definition) is 1. The number of Topliss-reactive ketones (excluding diaryl/α,β-unsaturated/α-hetero) is 1. The summed E-state index contributed by atoms with van der Waals surface area (Å²) in [5.41, 5.74) is 1.98. The van der Waals surface area contributed by atoms with Crippen molar-refractivity contribution in [2.75, 3.05) is 19.1 Å². The van der Waals surface area contributed by atoms with Crippen LogP contribution in [0.5, 0.6) is 11.5 Å². The van der Waals surface area contributed by atoms with Gasteiger partial charge in [0.25, 0.3) is 11.7 Å². The lowest BCUT2D eigenvalue weighted by atomic mass is 9.94. The Balaban J connectivity index is 1.96. The number of nitrogens with zero attached hydrogens (tertiary/aromatic N) is 1. The summed E-state index contributed by atoms with van der Waals surface area (Å²) in [4.78, 5) is 27.8. The lowest BCUT2D eigenvalue weighted by Crippen LogP contribution is -2.29. The molecule has 1 saturated heterocycles. The highest BCUT2D eigenvalue weighted by molar-refractivity contribution is 6.51. The van der Waals surface area contributed by atoms with Crippen molar-refractivity contribution < 1.29 is 28.6 Å². The molecule has 1 amide bonds. The number of aryl methyl sites for hydroxylation is 1. The first-order valence-electron chi connectivity index (χ1n) is 10.9. The van der Waals surface area contributed by atoms with Crippen LogP contribution in [0.2, 0.25) is 5.02 Å². The minimum atomic E-state index is -0.978. The highest BCUT2D eigenvalue weighted by Crippen LogP contribution is 2.44. The van der Waals surface area contributed by atoms with E-state index in [-0.39, 0.29) is 27.6 Å². The summed E-state index contributed by atoms with van der Waals surface area (Å²) in [5.74, 6) is -2.05. The zero-order valence-electron chi connectivity index (χ0n) is 19.3. The summed E-state index contributed by atoms with van der Waals surface area (Å²) in [6.45, 7) is 2.01. The van der Waals surface area contributed by atoms with E-state index in [4.69, 9.17) is 21.1 Å². The van der Waals surface area contributed by atoms with E-state index in [0.717, 1.165) is 18.1 Å². The van der Waals surface area contributed by atoms with Gasteiger partial charge < -0.3 is 14.6 Å². The molecule has 0 aliphatic carbocycles. The quantitative estimate of drug-likeness (QED) is 0.270. The lowest BCUT2D eigenvalue weighted by Gasteiger charge is -2.26. The zero-order chi connectivity index (χ0) is 25.3. The summed E-state index contributed by atoms with van der Waals surface area (Å²) < 4.78 is 24.5. The van der Waals surface area contributed by atoms with E-state index >= 15 is 0 Å². The number of amides is 1. The number of aliphatic hydroxyl groups is 1. The molecule has 1 N–H and O–H groups in total. The molecule has 1 fully saturated rings. The SMILES string of the molecule is CCc1ccc(C2/C(=C(/O)c3ccc(OC)cc3OC)C(=O)C(=O)N2c2ccc(F)c(Cl)c2)cc1. The standard InChI is InChI=1S/C27H23ClFNO5/c1-4-15-5-7-16(8-6-15)24-23(25(31)19-11-10-18(34-2)14-22(19)35-3)26(32)27(33)30(24)17-9-12-21(29)20(28)13-17/h5-14,24,31H,4H2,1-3H3/b25-23-. The lowest BCUT2D eigenvalue weighted by molar-refractivity contribution is -0.132. The first kappa shape index (κ1) is 24.3. The van der Waals surface area contributed by atoms with Crippen LogP contribution < -0.4 is 14.4 Å². The second-order valence-corrected chi connectivity index (χ2v) is 8.34. The molecule has 35 heavy (non-hydrogen) atoms. The number of aliphatic hydroxyl groups excluding tert-OH is 1. The van der Waals surface area contributed by atoms with Gasteiger partial charge in [-0.3, -0.25) is 14.5 Å². The number of benzene rings is 3. The van der Waals surface area contributed by atoms with Crippen molar-refractivity contribution in [2.45, 2.75) is 19.4 Å². The molecule has 1 aliphatic rings. The van der Waals surface area contributed by atoms with Gasteiger partial charge in [0.05, 0.1) is 36.4 Å². The smallest absolute Gasteiger partial charge is 0.300 e. The fourth-order valence-corrected chi connectivity index (χ4v) is 4.30. The molecule has 180 valence electrons. The van der Waals surface area contributed by atoms with E-state index < -0.39 is 29.3 Å². The number of carbonyl (C=O) groups is 2. The number of anilines is 1. The molecule has 0 radical (unpaired) electrons. The average Bonchev–Trinajstić information content (AvgIpc) is 3.15. The molecule has 3 aromatic carbocycles. The monoisotopic (exact) mass is 495 g/mol. The minimum Gasteiger partial charge on any atom is -0.507 e. The molecule has 3 aromatic rings. The van der Waals surface area contributed by atoms with Gasteiger partial charge in [0, 0.05) is 11.8 Å². The van der Waals surface area contributed by atoms with Gasteiger partial charge in [-0.05, 0) is 47.9 Å². The van der Waals surface area contributed by atoms with Crippen LogP contribution in [-0.4, -0.2) is 31.0 Å². The van der Waals surface area contributed by atoms with E-state index in [1.165, 1.54) is 31.3 Å².